The van der Waals surface area contributed by atoms with E-state index < -0.39 is 0 Å². The number of benzene rings is 1. The van der Waals surface area contributed by atoms with E-state index in [0.29, 0.717) is 18.7 Å². The maximum atomic E-state index is 12.3. The van der Waals surface area contributed by atoms with Crippen molar-refractivity contribution in [3.63, 3.8) is 0 Å². The van der Waals surface area contributed by atoms with Crippen molar-refractivity contribution in [3.8, 4) is 5.69 Å². The topological polar surface area (TPSA) is 25.2 Å². The normalized spacial score (nSPS) is 10.0. The minimum atomic E-state index is -0.0103. The Balaban J connectivity index is 2.18. The van der Waals surface area contributed by atoms with Crippen LogP contribution < -0.4 is 0 Å². The number of hydrogen-bond acceptors (Lipinski definition) is 1. The average Bonchev–Trinajstić information content (AvgIpc) is 3.01. The Morgan fingerprint density at radius 1 is 1.05 bits per heavy atom. The van der Waals surface area contributed by atoms with Crippen LogP contribution in [-0.2, 0) is 0 Å². The van der Waals surface area contributed by atoms with Crippen LogP contribution in [0.15, 0.2) is 74.1 Å². The largest absolute Gasteiger partial charge is 0.331 e. The monoisotopic (exact) mass is 266 g/mol. The van der Waals surface area contributed by atoms with Gasteiger partial charge in [-0.2, -0.15) is 0 Å². The van der Waals surface area contributed by atoms with Crippen molar-refractivity contribution in [3.05, 3.63) is 79.7 Å². The summed E-state index contributed by atoms with van der Waals surface area (Å²) in [6, 6.07) is 11.5. The fourth-order valence-electron chi connectivity index (χ4n) is 2.02. The van der Waals surface area contributed by atoms with E-state index in [4.69, 9.17) is 0 Å². The highest BCUT2D eigenvalue weighted by atomic mass is 16.2. The van der Waals surface area contributed by atoms with Crippen LogP contribution in [0.3, 0.4) is 0 Å². The summed E-state index contributed by atoms with van der Waals surface area (Å²) < 4.78 is 2.00. The third-order valence-electron chi connectivity index (χ3n) is 3.00. The molecule has 0 spiro atoms. The molecule has 0 fully saturated rings. The Morgan fingerprint density at radius 2 is 1.60 bits per heavy atom. The van der Waals surface area contributed by atoms with Gasteiger partial charge < -0.3 is 9.47 Å². The lowest BCUT2D eigenvalue weighted by atomic mass is 10.1. The van der Waals surface area contributed by atoms with Gasteiger partial charge in [-0.15, -0.1) is 13.2 Å². The number of amides is 1. The van der Waals surface area contributed by atoms with Gasteiger partial charge >= 0.3 is 0 Å². The van der Waals surface area contributed by atoms with E-state index in [1.807, 2.05) is 53.4 Å². The summed E-state index contributed by atoms with van der Waals surface area (Å²) >= 11 is 0. The van der Waals surface area contributed by atoms with Crippen LogP contribution in [0.1, 0.15) is 10.4 Å². The van der Waals surface area contributed by atoms with Crippen LogP contribution in [0.4, 0.5) is 0 Å². The standard InChI is InChI=1S/C17H18N2O/c1-3-11-19(12-4-2)17(20)15-7-9-16(10-8-15)18-13-5-6-14-18/h3-10,13-14H,1-2,11-12H2. The van der Waals surface area contributed by atoms with Crippen LogP contribution >= 0.6 is 0 Å². The first-order valence-electron chi connectivity index (χ1n) is 6.50. The van der Waals surface area contributed by atoms with Gasteiger partial charge in [-0.3, -0.25) is 4.79 Å². The number of rotatable bonds is 6. The number of hydrogen-bond donors (Lipinski definition) is 0. The van der Waals surface area contributed by atoms with Gasteiger partial charge in [0, 0.05) is 36.7 Å². The third-order valence-corrected chi connectivity index (χ3v) is 3.00. The zero-order valence-electron chi connectivity index (χ0n) is 11.4. The molecule has 0 atom stereocenters. The van der Waals surface area contributed by atoms with Gasteiger partial charge in [0.05, 0.1) is 0 Å². The van der Waals surface area contributed by atoms with Gasteiger partial charge in [-0.1, -0.05) is 12.2 Å². The van der Waals surface area contributed by atoms with Crippen molar-refractivity contribution in [2.24, 2.45) is 0 Å². The lowest BCUT2D eigenvalue weighted by Gasteiger charge is -2.19. The number of aromatic nitrogens is 1. The van der Waals surface area contributed by atoms with Crippen molar-refractivity contribution in [1.29, 1.82) is 0 Å². The van der Waals surface area contributed by atoms with Crippen LogP contribution in [-0.4, -0.2) is 28.5 Å². The molecule has 3 nitrogen and oxygen atoms in total. The molecule has 20 heavy (non-hydrogen) atoms. The molecule has 0 saturated heterocycles. The number of carbonyl (C=O) groups is 1. The molecule has 1 heterocycles. The highest BCUT2D eigenvalue weighted by Gasteiger charge is 2.12. The van der Waals surface area contributed by atoms with Crippen molar-refractivity contribution in [2.75, 3.05) is 13.1 Å². The summed E-state index contributed by atoms with van der Waals surface area (Å²) in [5, 5.41) is 0. The van der Waals surface area contributed by atoms with Crippen molar-refractivity contribution < 1.29 is 4.79 Å². The molecular weight excluding hydrogens is 248 g/mol. The Labute approximate surface area is 119 Å². The van der Waals surface area contributed by atoms with E-state index >= 15 is 0 Å². The van der Waals surface area contributed by atoms with E-state index in [9.17, 15) is 4.79 Å². The fourth-order valence-corrected chi connectivity index (χ4v) is 2.02. The molecule has 3 heteroatoms. The molecule has 1 aromatic heterocycles. The lowest BCUT2D eigenvalue weighted by Crippen LogP contribution is -2.31. The summed E-state index contributed by atoms with van der Waals surface area (Å²) in [6.07, 6.45) is 7.38. The molecule has 0 aliphatic rings. The van der Waals surface area contributed by atoms with Crippen molar-refractivity contribution in [2.45, 2.75) is 0 Å². The second-order valence-electron chi connectivity index (χ2n) is 4.42. The molecule has 0 N–H and O–H groups in total. The van der Waals surface area contributed by atoms with E-state index in [2.05, 4.69) is 13.2 Å². The van der Waals surface area contributed by atoms with Gasteiger partial charge in [-0.05, 0) is 36.4 Å². The van der Waals surface area contributed by atoms with E-state index in [0.717, 1.165) is 5.69 Å². The Morgan fingerprint density at radius 3 is 2.10 bits per heavy atom. The first-order valence-corrected chi connectivity index (χ1v) is 6.50. The van der Waals surface area contributed by atoms with Gasteiger partial charge in [0.25, 0.3) is 5.91 Å². The molecule has 0 bridgehead atoms. The predicted molar refractivity (Wildman–Crippen MR) is 82.1 cm³/mol. The highest BCUT2D eigenvalue weighted by molar-refractivity contribution is 5.94. The highest BCUT2D eigenvalue weighted by Crippen LogP contribution is 2.12. The molecule has 2 aromatic rings. The van der Waals surface area contributed by atoms with Gasteiger partial charge in [0.2, 0.25) is 0 Å². The van der Waals surface area contributed by atoms with Gasteiger partial charge in [0.1, 0.15) is 0 Å². The summed E-state index contributed by atoms with van der Waals surface area (Å²) in [7, 11) is 0. The minimum Gasteiger partial charge on any atom is -0.331 e. The first kappa shape index (κ1) is 13.9. The van der Waals surface area contributed by atoms with E-state index in [1.165, 1.54) is 0 Å². The van der Waals surface area contributed by atoms with Crippen LogP contribution in [0.5, 0.6) is 0 Å². The lowest BCUT2D eigenvalue weighted by molar-refractivity contribution is 0.0791. The smallest absolute Gasteiger partial charge is 0.254 e. The number of carbonyl (C=O) groups excluding carboxylic acids is 1. The summed E-state index contributed by atoms with van der Waals surface area (Å²) in [4.78, 5) is 14.0. The molecule has 0 saturated carbocycles. The molecular formula is C17H18N2O. The molecule has 1 amide bonds. The Kier molecular flexibility index (Phi) is 4.56. The molecule has 2 rings (SSSR count). The minimum absolute atomic E-state index is 0.0103. The van der Waals surface area contributed by atoms with E-state index in [-0.39, 0.29) is 5.91 Å². The van der Waals surface area contributed by atoms with Gasteiger partial charge in [-0.25, -0.2) is 0 Å². The van der Waals surface area contributed by atoms with Crippen molar-refractivity contribution >= 4 is 5.91 Å². The van der Waals surface area contributed by atoms with Crippen LogP contribution in [0, 0.1) is 0 Å². The van der Waals surface area contributed by atoms with E-state index in [1.54, 1.807) is 17.1 Å². The molecule has 0 aliphatic heterocycles. The summed E-state index contributed by atoms with van der Waals surface area (Å²) in [5.41, 5.74) is 1.70. The number of nitrogens with zero attached hydrogens (tertiary/aromatic N) is 2. The Hall–Kier alpha value is -2.55. The maximum absolute atomic E-state index is 12.3. The second-order valence-corrected chi connectivity index (χ2v) is 4.42. The molecule has 0 radical (unpaired) electrons. The Bertz CT molecular complexity index is 572. The fraction of sp³-hybridized carbons (Fsp3) is 0.118. The molecule has 0 aliphatic carbocycles. The van der Waals surface area contributed by atoms with Crippen molar-refractivity contribution in [1.82, 2.24) is 9.47 Å². The predicted octanol–water partition coefficient (Wildman–Crippen LogP) is 3.29. The third kappa shape index (κ3) is 3.06. The van der Waals surface area contributed by atoms with Gasteiger partial charge in [0.15, 0.2) is 0 Å². The average molecular weight is 266 g/mol. The molecule has 1 aromatic carbocycles. The SMILES string of the molecule is C=CCN(CC=C)C(=O)c1ccc(-n2cccc2)cc1. The maximum Gasteiger partial charge on any atom is 0.254 e. The van der Waals surface area contributed by atoms with Crippen LogP contribution in [0.25, 0.3) is 5.69 Å². The molecule has 102 valence electrons. The summed E-state index contributed by atoms with van der Waals surface area (Å²) in [6.45, 7) is 8.39. The quantitative estimate of drug-likeness (QED) is 0.736. The van der Waals surface area contributed by atoms with Crippen LogP contribution in [0.2, 0.25) is 0 Å². The zero-order chi connectivity index (χ0) is 14.4. The zero-order valence-corrected chi connectivity index (χ0v) is 11.4. The second kappa shape index (κ2) is 6.57. The first-order chi connectivity index (χ1) is 9.76. The molecule has 0 unspecified atom stereocenters. The summed E-state index contributed by atoms with van der Waals surface area (Å²) in [5.74, 6) is -0.0103.